The molecule has 4 rings (SSSR count). The fraction of sp³-hybridized carbons (Fsp3) is 0.348. The summed E-state index contributed by atoms with van der Waals surface area (Å²) in [7, 11) is 1.51. The molecular formula is C23H24FN3O4. The van der Waals surface area contributed by atoms with E-state index in [4.69, 9.17) is 4.74 Å². The second-order valence-electron chi connectivity index (χ2n) is 7.78. The predicted octanol–water partition coefficient (Wildman–Crippen LogP) is 3.94. The zero-order valence-electron chi connectivity index (χ0n) is 17.2. The van der Waals surface area contributed by atoms with Crippen molar-refractivity contribution in [2.24, 2.45) is 0 Å². The van der Waals surface area contributed by atoms with Crippen LogP contribution < -0.4 is 15.0 Å². The van der Waals surface area contributed by atoms with Gasteiger partial charge in [0.1, 0.15) is 17.6 Å². The van der Waals surface area contributed by atoms with Gasteiger partial charge in [-0.05, 0) is 43.2 Å². The molecule has 0 unspecified atom stereocenters. The summed E-state index contributed by atoms with van der Waals surface area (Å²) >= 11 is 0. The Morgan fingerprint density at radius 3 is 2.58 bits per heavy atom. The molecule has 2 aliphatic rings. The molecule has 1 N–H and O–H groups in total. The lowest BCUT2D eigenvalue weighted by Crippen LogP contribution is -2.43. The minimum absolute atomic E-state index is 0.0842. The fourth-order valence-electron chi connectivity index (χ4n) is 4.33. The van der Waals surface area contributed by atoms with E-state index in [-0.39, 0.29) is 12.5 Å². The summed E-state index contributed by atoms with van der Waals surface area (Å²) < 4.78 is 18.6. The average molecular weight is 425 g/mol. The van der Waals surface area contributed by atoms with Crippen LogP contribution in [0.15, 0.2) is 48.5 Å². The van der Waals surface area contributed by atoms with E-state index in [1.54, 1.807) is 35.2 Å². The quantitative estimate of drug-likeness (QED) is 0.711. The Bertz CT molecular complexity index is 1010. The first-order valence-electron chi connectivity index (χ1n) is 10.3. The molecule has 4 amide bonds. The fourth-order valence-corrected chi connectivity index (χ4v) is 4.33. The molecule has 1 heterocycles. The normalized spacial score (nSPS) is 19.2. The molecule has 31 heavy (non-hydrogen) atoms. The topological polar surface area (TPSA) is 79.0 Å². The Labute approximate surface area is 179 Å². The summed E-state index contributed by atoms with van der Waals surface area (Å²) in [5, 5.41) is 2.62. The maximum absolute atomic E-state index is 13.4. The van der Waals surface area contributed by atoms with E-state index in [0.717, 1.165) is 30.6 Å². The van der Waals surface area contributed by atoms with Crippen molar-refractivity contribution in [3.63, 3.8) is 0 Å². The first-order chi connectivity index (χ1) is 15.0. The van der Waals surface area contributed by atoms with Gasteiger partial charge in [0.2, 0.25) is 5.91 Å². The van der Waals surface area contributed by atoms with Crippen LogP contribution in [-0.4, -0.2) is 41.9 Å². The van der Waals surface area contributed by atoms with Gasteiger partial charge in [0.15, 0.2) is 0 Å². The van der Waals surface area contributed by atoms with E-state index >= 15 is 0 Å². The number of nitrogens with zero attached hydrogens (tertiary/aromatic N) is 2. The van der Waals surface area contributed by atoms with Gasteiger partial charge in [0.25, 0.3) is 5.91 Å². The molecule has 0 spiro atoms. The number of rotatable bonds is 6. The number of urea groups is 1. The van der Waals surface area contributed by atoms with Gasteiger partial charge in [-0.25, -0.2) is 14.1 Å². The summed E-state index contributed by atoms with van der Waals surface area (Å²) in [6, 6.07) is 10.9. The number of imide groups is 1. The number of ether oxygens (including phenoxy) is 1. The molecule has 1 aliphatic carbocycles. The summed E-state index contributed by atoms with van der Waals surface area (Å²) in [5.74, 6) is -0.841. The zero-order valence-corrected chi connectivity index (χ0v) is 17.2. The monoisotopic (exact) mass is 425 g/mol. The van der Waals surface area contributed by atoms with Gasteiger partial charge in [0, 0.05) is 17.8 Å². The second kappa shape index (κ2) is 8.75. The minimum Gasteiger partial charge on any atom is -0.497 e. The Kier molecular flexibility index (Phi) is 5.88. The van der Waals surface area contributed by atoms with Crippen LogP contribution in [0.3, 0.4) is 0 Å². The lowest BCUT2D eigenvalue weighted by Gasteiger charge is -2.27. The molecule has 2 aromatic carbocycles. The first-order valence-corrected chi connectivity index (χ1v) is 10.3. The van der Waals surface area contributed by atoms with Gasteiger partial charge in [-0.15, -0.1) is 0 Å². The number of halogens is 1. The molecule has 1 atom stereocenters. The smallest absolute Gasteiger partial charge is 0.332 e. The molecule has 162 valence electrons. The van der Waals surface area contributed by atoms with Gasteiger partial charge in [0.05, 0.1) is 19.2 Å². The first kappa shape index (κ1) is 20.8. The molecule has 1 saturated carbocycles. The van der Waals surface area contributed by atoms with E-state index < -0.39 is 29.7 Å². The highest BCUT2D eigenvalue weighted by Gasteiger charge is 2.49. The van der Waals surface area contributed by atoms with Gasteiger partial charge in [-0.1, -0.05) is 25.0 Å². The molecule has 2 aromatic rings. The largest absolute Gasteiger partial charge is 0.497 e. The maximum Gasteiger partial charge on any atom is 0.332 e. The maximum atomic E-state index is 13.4. The third-order valence-corrected chi connectivity index (χ3v) is 5.77. The third kappa shape index (κ3) is 4.23. The summed E-state index contributed by atoms with van der Waals surface area (Å²) in [6.45, 7) is 0. The van der Waals surface area contributed by atoms with Crippen molar-refractivity contribution in [3.8, 4) is 5.75 Å². The molecule has 0 bridgehead atoms. The lowest BCUT2D eigenvalue weighted by atomic mass is 10.1. The number of carbonyl (C=O) groups is 3. The van der Waals surface area contributed by atoms with E-state index in [0.29, 0.717) is 17.1 Å². The molecule has 1 saturated heterocycles. The van der Waals surface area contributed by atoms with Crippen LogP contribution in [0.25, 0.3) is 0 Å². The molecular weight excluding hydrogens is 401 g/mol. The Hall–Kier alpha value is -3.42. The van der Waals surface area contributed by atoms with Crippen LogP contribution in [-0.2, 0) is 9.59 Å². The van der Waals surface area contributed by atoms with Gasteiger partial charge < -0.3 is 15.0 Å². The van der Waals surface area contributed by atoms with Crippen molar-refractivity contribution in [2.45, 2.75) is 44.2 Å². The van der Waals surface area contributed by atoms with Crippen LogP contribution >= 0.6 is 0 Å². The van der Waals surface area contributed by atoms with Crippen LogP contribution in [0, 0.1) is 5.82 Å². The highest BCUT2D eigenvalue weighted by molar-refractivity contribution is 6.22. The van der Waals surface area contributed by atoms with Crippen molar-refractivity contribution < 1.29 is 23.5 Å². The number of hydrogen-bond acceptors (Lipinski definition) is 4. The van der Waals surface area contributed by atoms with Crippen LogP contribution in [0.4, 0.5) is 20.6 Å². The van der Waals surface area contributed by atoms with Crippen LogP contribution in [0.1, 0.15) is 32.1 Å². The van der Waals surface area contributed by atoms with Crippen molar-refractivity contribution >= 4 is 29.2 Å². The number of methoxy groups -OCH3 is 1. The summed E-state index contributed by atoms with van der Waals surface area (Å²) in [6.07, 6.45) is 3.35. The van der Waals surface area contributed by atoms with Gasteiger partial charge in [-0.2, -0.15) is 0 Å². The molecule has 1 aliphatic heterocycles. The molecule has 8 heteroatoms. The second-order valence-corrected chi connectivity index (χ2v) is 7.78. The standard InChI is InChI=1S/C23H24FN3O4/c1-31-19-11-5-10-18(13-19)27-22(29)20(26(23(27)30)17-8-2-3-9-17)14-21(28)25-16-7-4-6-15(24)12-16/h4-7,10-13,17,20H,2-3,8-9,14H2,1H3,(H,25,28)/t20-/m1/s1. The number of hydrogen-bond donors (Lipinski definition) is 1. The number of nitrogens with one attached hydrogen (secondary N) is 1. The highest BCUT2D eigenvalue weighted by atomic mass is 19.1. The number of carbonyl (C=O) groups excluding carboxylic acids is 3. The van der Waals surface area contributed by atoms with Crippen molar-refractivity contribution in [2.75, 3.05) is 17.3 Å². The predicted molar refractivity (Wildman–Crippen MR) is 113 cm³/mol. The van der Waals surface area contributed by atoms with Gasteiger partial charge in [-0.3, -0.25) is 9.59 Å². The molecule has 7 nitrogen and oxygen atoms in total. The third-order valence-electron chi connectivity index (χ3n) is 5.77. The number of anilines is 2. The number of amides is 4. The van der Waals surface area contributed by atoms with Gasteiger partial charge >= 0.3 is 6.03 Å². The van der Waals surface area contributed by atoms with Crippen LogP contribution in [0.2, 0.25) is 0 Å². The van der Waals surface area contributed by atoms with E-state index in [1.165, 1.54) is 25.3 Å². The van der Waals surface area contributed by atoms with E-state index in [2.05, 4.69) is 5.32 Å². The van der Waals surface area contributed by atoms with Crippen molar-refractivity contribution in [3.05, 3.63) is 54.3 Å². The summed E-state index contributed by atoms with van der Waals surface area (Å²) in [5.41, 5.74) is 0.712. The van der Waals surface area contributed by atoms with Crippen LogP contribution in [0.5, 0.6) is 5.75 Å². The van der Waals surface area contributed by atoms with E-state index in [9.17, 15) is 18.8 Å². The molecule has 2 fully saturated rings. The highest BCUT2D eigenvalue weighted by Crippen LogP contribution is 2.35. The Balaban J connectivity index is 1.59. The SMILES string of the molecule is COc1cccc(N2C(=O)[C@@H](CC(=O)Nc3cccc(F)c3)N(C3CCCC3)C2=O)c1. The number of benzene rings is 2. The van der Waals surface area contributed by atoms with E-state index in [1.807, 2.05) is 0 Å². The molecule has 0 aromatic heterocycles. The Morgan fingerprint density at radius 2 is 1.87 bits per heavy atom. The lowest BCUT2D eigenvalue weighted by molar-refractivity contribution is -0.124. The summed E-state index contributed by atoms with van der Waals surface area (Å²) in [4.78, 5) is 42.0. The molecule has 0 radical (unpaired) electrons. The average Bonchev–Trinajstić information content (AvgIpc) is 3.35. The Morgan fingerprint density at radius 1 is 1.13 bits per heavy atom. The van der Waals surface area contributed by atoms with Crippen molar-refractivity contribution in [1.29, 1.82) is 0 Å². The van der Waals surface area contributed by atoms with Crippen molar-refractivity contribution in [1.82, 2.24) is 4.90 Å². The zero-order chi connectivity index (χ0) is 22.0. The minimum atomic E-state index is -0.907.